The van der Waals surface area contributed by atoms with Crippen molar-refractivity contribution in [3.63, 3.8) is 0 Å². The summed E-state index contributed by atoms with van der Waals surface area (Å²) in [6, 6.07) is 11.3. The van der Waals surface area contributed by atoms with Gasteiger partial charge in [-0.2, -0.15) is 0 Å². The summed E-state index contributed by atoms with van der Waals surface area (Å²) < 4.78 is 10.6. The standard InChI is InChI=1S/C21H20N4O3/c1-12-4-5-18-17(6-12)20-13(7-19(26)24-18)11-22-21(25-20)23-14-8-15(27-2)10-16(9-14)28-3/h4-6,8-11H,7H2,1-3H3,(H,24,26)(H,22,23,25). The first-order valence-electron chi connectivity index (χ1n) is 8.82. The second kappa shape index (κ2) is 7.19. The second-order valence-electron chi connectivity index (χ2n) is 6.57. The summed E-state index contributed by atoms with van der Waals surface area (Å²) in [5.74, 6) is 1.67. The molecule has 0 spiro atoms. The number of carbonyl (C=O) groups is 1. The molecule has 0 aliphatic carbocycles. The second-order valence-corrected chi connectivity index (χ2v) is 6.57. The monoisotopic (exact) mass is 376 g/mol. The maximum atomic E-state index is 12.2. The summed E-state index contributed by atoms with van der Waals surface area (Å²) in [4.78, 5) is 21.3. The highest BCUT2D eigenvalue weighted by molar-refractivity contribution is 6.00. The molecule has 0 bridgehead atoms. The van der Waals surface area contributed by atoms with Gasteiger partial charge in [0.25, 0.3) is 0 Å². The minimum Gasteiger partial charge on any atom is -0.497 e. The molecule has 1 aromatic heterocycles. The molecule has 7 heteroatoms. The molecule has 142 valence electrons. The van der Waals surface area contributed by atoms with Gasteiger partial charge in [-0.15, -0.1) is 0 Å². The van der Waals surface area contributed by atoms with Crippen LogP contribution in [-0.2, 0) is 11.2 Å². The van der Waals surface area contributed by atoms with E-state index in [4.69, 9.17) is 14.5 Å². The molecule has 2 N–H and O–H groups in total. The van der Waals surface area contributed by atoms with Crippen molar-refractivity contribution in [3.8, 4) is 22.8 Å². The van der Waals surface area contributed by atoms with Gasteiger partial charge >= 0.3 is 0 Å². The molecule has 0 radical (unpaired) electrons. The molecule has 2 heterocycles. The van der Waals surface area contributed by atoms with Crippen molar-refractivity contribution in [1.82, 2.24) is 9.97 Å². The van der Waals surface area contributed by atoms with Crippen molar-refractivity contribution in [1.29, 1.82) is 0 Å². The molecule has 4 rings (SSSR count). The summed E-state index contributed by atoms with van der Waals surface area (Å²) in [6.07, 6.45) is 1.93. The van der Waals surface area contributed by atoms with Gasteiger partial charge in [-0.3, -0.25) is 4.79 Å². The molecular formula is C21H20N4O3. The fraction of sp³-hybridized carbons (Fsp3) is 0.190. The zero-order chi connectivity index (χ0) is 19.7. The van der Waals surface area contributed by atoms with Crippen molar-refractivity contribution >= 4 is 23.2 Å². The van der Waals surface area contributed by atoms with E-state index in [2.05, 4.69) is 15.6 Å². The number of hydrogen-bond donors (Lipinski definition) is 2. The van der Waals surface area contributed by atoms with E-state index in [1.807, 2.05) is 37.3 Å². The number of fused-ring (bicyclic) bond motifs is 3. The fourth-order valence-corrected chi connectivity index (χ4v) is 3.17. The molecule has 0 fully saturated rings. The van der Waals surface area contributed by atoms with E-state index in [1.165, 1.54) is 0 Å². The first-order valence-corrected chi connectivity index (χ1v) is 8.82. The van der Waals surface area contributed by atoms with Crippen LogP contribution >= 0.6 is 0 Å². The number of anilines is 3. The molecule has 1 aliphatic heterocycles. The molecule has 28 heavy (non-hydrogen) atoms. The van der Waals surface area contributed by atoms with Gasteiger partial charge in [0.05, 0.1) is 32.0 Å². The Morgan fingerprint density at radius 2 is 1.82 bits per heavy atom. The summed E-state index contributed by atoms with van der Waals surface area (Å²) in [5, 5.41) is 6.13. The van der Waals surface area contributed by atoms with Crippen LogP contribution in [0.5, 0.6) is 11.5 Å². The number of nitrogens with zero attached hydrogens (tertiary/aromatic N) is 2. The number of rotatable bonds is 4. The third kappa shape index (κ3) is 3.46. The Morgan fingerprint density at radius 3 is 2.54 bits per heavy atom. The lowest BCUT2D eigenvalue weighted by atomic mass is 10.0. The zero-order valence-electron chi connectivity index (χ0n) is 15.9. The summed E-state index contributed by atoms with van der Waals surface area (Å²) >= 11 is 0. The average Bonchev–Trinajstić information content (AvgIpc) is 2.83. The largest absolute Gasteiger partial charge is 0.497 e. The number of aromatic nitrogens is 2. The number of ether oxygens (including phenoxy) is 2. The third-order valence-corrected chi connectivity index (χ3v) is 4.53. The summed E-state index contributed by atoms with van der Waals surface area (Å²) in [6.45, 7) is 2.01. The van der Waals surface area contributed by atoms with E-state index >= 15 is 0 Å². The third-order valence-electron chi connectivity index (χ3n) is 4.53. The van der Waals surface area contributed by atoms with E-state index in [1.54, 1.807) is 26.5 Å². The Kier molecular flexibility index (Phi) is 4.57. The Hall–Kier alpha value is -3.61. The van der Waals surface area contributed by atoms with Crippen LogP contribution in [0.4, 0.5) is 17.3 Å². The van der Waals surface area contributed by atoms with Crippen molar-refractivity contribution in [2.75, 3.05) is 24.9 Å². The van der Waals surface area contributed by atoms with Crippen LogP contribution in [0, 0.1) is 6.92 Å². The Balaban J connectivity index is 1.76. The van der Waals surface area contributed by atoms with Crippen LogP contribution in [0.3, 0.4) is 0 Å². The molecule has 0 saturated heterocycles. The predicted molar refractivity (Wildman–Crippen MR) is 107 cm³/mol. The Morgan fingerprint density at radius 1 is 1.07 bits per heavy atom. The molecule has 1 aliphatic rings. The van der Waals surface area contributed by atoms with Gasteiger partial charge in [0.15, 0.2) is 0 Å². The maximum absolute atomic E-state index is 12.2. The van der Waals surface area contributed by atoms with Gasteiger partial charge in [-0.25, -0.2) is 9.97 Å². The number of hydrogen-bond acceptors (Lipinski definition) is 6. The lowest BCUT2D eigenvalue weighted by Crippen LogP contribution is -2.12. The lowest BCUT2D eigenvalue weighted by Gasteiger charge is -2.12. The quantitative estimate of drug-likeness (QED) is 0.722. The van der Waals surface area contributed by atoms with Crippen LogP contribution in [-0.4, -0.2) is 30.1 Å². The molecular weight excluding hydrogens is 356 g/mol. The van der Waals surface area contributed by atoms with Gasteiger partial charge in [0, 0.05) is 41.2 Å². The van der Waals surface area contributed by atoms with Gasteiger partial charge < -0.3 is 20.1 Å². The van der Waals surface area contributed by atoms with Crippen molar-refractivity contribution in [3.05, 3.63) is 53.7 Å². The Bertz CT molecular complexity index is 1040. The van der Waals surface area contributed by atoms with E-state index < -0.39 is 0 Å². The van der Waals surface area contributed by atoms with Crippen LogP contribution in [0.15, 0.2) is 42.6 Å². The molecule has 2 aromatic carbocycles. The van der Waals surface area contributed by atoms with Crippen LogP contribution in [0.1, 0.15) is 11.1 Å². The van der Waals surface area contributed by atoms with Crippen molar-refractivity contribution < 1.29 is 14.3 Å². The van der Waals surface area contributed by atoms with Crippen molar-refractivity contribution in [2.45, 2.75) is 13.3 Å². The van der Waals surface area contributed by atoms with E-state index in [0.29, 0.717) is 17.4 Å². The number of nitrogens with one attached hydrogen (secondary N) is 2. The number of benzene rings is 2. The first kappa shape index (κ1) is 17.8. The molecule has 1 amide bonds. The molecule has 0 saturated carbocycles. The minimum absolute atomic E-state index is 0.0781. The average molecular weight is 376 g/mol. The topological polar surface area (TPSA) is 85.4 Å². The van der Waals surface area contributed by atoms with Gasteiger partial charge in [-0.05, 0) is 19.1 Å². The number of carbonyl (C=O) groups excluding carboxylic acids is 1. The summed E-state index contributed by atoms with van der Waals surface area (Å²) in [7, 11) is 3.20. The summed E-state index contributed by atoms with van der Waals surface area (Å²) in [5.41, 5.74) is 4.99. The Labute approximate surface area is 162 Å². The first-order chi connectivity index (χ1) is 13.6. The minimum atomic E-state index is -0.0781. The highest BCUT2D eigenvalue weighted by Gasteiger charge is 2.21. The SMILES string of the molecule is COc1cc(Nc2ncc3c(n2)-c2cc(C)ccc2NC(=O)C3)cc(OC)c1. The molecule has 0 unspecified atom stereocenters. The van der Waals surface area contributed by atoms with E-state index in [-0.39, 0.29) is 12.3 Å². The number of amides is 1. The lowest BCUT2D eigenvalue weighted by molar-refractivity contribution is -0.115. The van der Waals surface area contributed by atoms with E-state index in [9.17, 15) is 4.79 Å². The fourth-order valence-electron chi connectivity index (χ4n) is 3.17. The highest BCUT2D eigenvalue weighted by atomic mass is 16.5. The molecule has 7 nitrogen and oxygen atoms in total. The van der Waals surface area contributed by atoms with Crippen molar-refractivity contribution in [2.24, 2.45) is 0 Å². The van der Waals surface area contributed by atoms with Gasteiger partial charge in [0.2, 0.25) is 11.9 Å². The normalized spacial score (nSPS) is 12.3. The van der Waals surface area contributed by atoms with Crippen LogP contribution < -0.4 is 20.1 Å². The molecule has 0 atom stereocenters. The smallest absolute Gasteiger partial charge is 0.228 e. The van der Waals surface area contributed by atoms with Gasteiger partial charge in [0.1, 0.15) is 11.5 Å². The predicted octanol–water partition coefficient (Wildman–Crippen LogP) is 3.71. The highest BCUT2D eigenvalue weighted by Crippen LogP contribution is 2.34. The van der Waals surface area contributed by atoms with E-state index in [0.717, 1.165) is 33.8 Å². The maximum Gasteiger partial charge on any atom is 0.228 e. The molecule has 3 aromatic rings. The number of methoxy groups -OCH3 is 2. The van der Waals surface area contributed by atoms with Crippen LogP contribution in [0.25, 0.3) is 11.3 Å². The van der Waals surface area contributed by atoms with Crippen LogP contribution in [0.2, 0.25) is 0 Å². The van der Waals surface area contributed by atoms with Gasteiger partial charge in [-0.1, -0.05) is 11.6 Å². The zero-order valence-corrected chi connectivity index (χ0v) is 15.9. The number of aryl methyl sites for hydroxylation is 1.